The van der Waals surface area contributed by atoms with Gasteiger partial charge >= 0.3 is 0 Å². The van der Waals surface area contributed by atoms with Crippen LogP contribution in [0.15, 0.2) is 42.5 Å². The third-order valence-electron chi connectivity index (χ3n) is 5.44. The van der Waals surface area contributed by atoms with Gasteiger partial charge in [-0.05, 0) is 68.1 Å². The summed E-state index contributed by atoms with van der Waals surface area (Å²) in [6.07, 6.45) is 4.29. The zero-order valence-electron chi connectivity index (χ0n) is 15.8. The molecule has 2 aromatic rings. The van der Waals surface area contributed by atoms with Gasteiger partial charge in [-0.1, -0.05) is 0 Å². The SMILES string of the molecule is O=C(Nc1cc(C(=O)N2CCCC2)ccc1N1CCCC1)c1ccc(F)cc1. The number of hydrogen-bond donors (Lipinski definition) is 1. The van der Waals surface area contributed by atoms with E-state index >= 15 is 0 Å². The number of amides is 2. The summed E-state index contributed by atoms with van der Waals surface area (Å²) in [6.45, 7) is 3.42. The van der Waals surface area contributed by atoms with Crippen molar-refractivity contribution in [2.75, 3.05) is 36.4 Å². The molecular weight excluding hydrogens is 357 g/mol. The van der Waals surface area contributed by atoms with Crippen LogP contribution in [0.3, 0.4) is 0 Å². The van der Waals surface area contributed by atoms with Gasteiger partial charge in [-0.3, -0.25) is 9.59 Å². The minimum atomic E-state index is -0.382. The Balaban J connectivity index is 1.63. The van der Waals surface area contributed by atoms with Crippen molar-refractivity contribution < 1.29 is 14.0 Å². The highest BCUT2D eigenvalue weighted by molar-refractivity contribution is 6.07. The summed E-state index contributed by atoms with van der Waals surface area (Å²) < 4.78 is 13.2. The van der Waals surface area contributed by atoms with Crippen LogP contribution in [0.1, 0.15) is 46.4 Å². The fourth-order valence-electron chi connectivity index (χ4n) is 3.90. The second-order valence-electron chi connectivity index (χ2n) is 7.39. The molecule has 2 aliphatic heterocycles. The summed E-state index contributed by atoms with van der Waals surface area (Å²) in [4.78, 5) is 29.5. The van der Waals surface area contributed by atoms with Crippen molar-refractivity contribution in [1.82, 2.24) is 4.90 Å². The van der Waals surface area contributed by atoms with Gasteiger partial charge in [0.15, 0.2) is 0 Å². The van der Waals surface area contributed by atoms with E-state index < -0.39 is 0 Å². The Hall–Kier alpha value is -2.89. The molecular formula is C22H24FN3O2. The predicted octanol–water partition coefficient (Wildman–Crippen LogP) is 3.91. The first kappa shape index (κ1) is 18.5. The molecule has 2 fully saturated rings. The molecule has 0 saturated carbocycles. The van der Waals surface area contributed by atoms with Gasteiger partial charge in [-0.25, -0.2) is 4.39 Å². The molecule has 2 heterocycles. The highest BCUT2D eigenvalue weighted by atomic mass is 19.1. The fourth-order valence-corrected chi connectivity index (χ4v) is 3.90. The maximum atomic E-state index is 13.2. The topological polar surface area (TPSA) is 52.7 Å². The molecule has 146 valence electrons. The van der Waals surface area contributed by atoms with Crippen LogP contribution in [-0.4, -0.2) is 42.9 Å². The number of nitrogens with zero attached hydrogens (tertiary/aromatic N) is 2. The summed E-state index contributed by atoms with van der Waals surface area (Å²) >= 11 is 0. The molecule has 6 heteroatoms. The second kappa shape index (κ2) is 8.00. The molecule has 0 bridgehead atoms. The van der Waals surface area contributed by atoms with Gasteiger partial charge in [0.05, 0.1) is 11.4 Å². The summed E-state index contributed by atoms with van der Waals surface area (Å²) in [5, 5.41) is 2.94. The summed E-state index contributed by atoms with van der Waals surface area (Å²) in [5.74, 6) is -0.693. The van der Waals surface area contributed by atoms with Crippen LogP contribution < -0.4 is 10.2 Å². The minimum absolute atomic E-state index is 0.00255. The summed E-state index contributed by atoms with van der Waals surface area (Å²) in [5.41, 5.74) is 2.51. The molecule has 0 spiro atoms. The number of carbonyl (C=O) groups excluding carboxylic acids is 2. The Morgan fingerprint density at radius 1 is 0.821 bits per heavy atom. The van der Waals surface area contributed by atoms with Gasteiger partial charge in [-0.2, -0.15) is 0 Å². The Morgan fingerprint density at radius 2 is 1.43 bits per heavy atom. The van der Waals surface area contributed by atoms with Crippen molar-refractivity contribution in [3.8, 4) is 0 Å². The molecule has 0 aromatic heterocycles. The molecule has 1 N–H and O–H groups in total. The number of halogens is 1. The number of benzene rings is 2. The average molecular weight is 381 g/mol. The molecule has 5 nitrogen and oxygen atoms in total. The first-order chi connectivity index (χ1) is 13.6. The normalized spacial score (nSPS) is 16.5. The average Bonchev–Trinajstić information content (AvgIpc) is 3.42. The van der Waals surface area contributed by atoms with Crippen molar-refractivity contribution in [1.29, 1.82) is 0 Å². The van der Waals surface area contributed by atoms with E-state index in [-0.39, 0.29) is 17.6 Å². The van der Waals surface area contributed by atoms with Gasteiger partial charge < -0.3 is 15.1 Å². The molecule has 2 amide bonds. The minimum Gasteiger partial charge on any atom is -0.370 e. The Morgan fingerprint density at radius 3 is 2.11 bits per heavy atom. The van der Waals surface area contributed by atoms with Gasteiger partial charge in [0.2, 0.25) is 0 Å². The van der Waals surface area contributed by atoms with Crippen molar-refractivity contribution in [2.24, 2.45) is 0 Å². The smallest absolute Gasteiger partial charge is 0.255 e. The quantitative estimate of drug-likeness (QED) is 0.874. The first-order valence-corrected chi connectivity index (χ1v) is 9.87. The van der Waals surface area contributed by atoms with E-state index in [1.54, 1.807) is 6.07 Å². The van der Waals surface area contributed by atoms with E-state index in [2.05, 4.69) is 10.2 Å². The van der Waals surface area contributed by atoms with E-state index in [0.717, 1.165) is 57.5 Å². The van der Waals surface area contributed by atoms with Crippen LogP contribution in [0.25, 0.3) is 0 Å². The van der Waals surface area contributed by atoms with Gasteiger partial charge in [-0.15, -0.1) is 0 Å². The number of rotatable bonds is 4. The largest absolute Gasteiger partial charge is 0.370 e. The van der Waals surface area contributed by atoms with Gasteiger partial charge in [0.25, 0.3) is 11.8 Å². The molecule has 0 atom stereocenters. The molecule has 0 unspecified atom stereocenters. The molecule has 2 saturated heterocycles. The summed E-state index contributed by atoms with van der Waals surface area (Å²) in [7, 11) is 0. The number of hydrogen-bond acceptors (Lipinski definition) is 3. The van der Waals surface area contributed by atoms with Crippen molar-refractivity contribution in [2.45, 2.75) is 25.7 Å². The van der Waals surface area contributed by atoms with E-state index in [9.17, 15) is 14.0 Å². The van der Waals surface area contributed by atoms with Crippen LogP contribution in [-0.2, 0) is 0 Å². The van der Waals surface area contributed by atoms with Crippen LogP contribution in [0.2, 0.25) is 0 Å². The Bertz CT molecular complexity index is 870. The van der Waals surface area contributed by atoms with E-state index in [1.807, 2.05) is 17.0 Å². The van der Waals surface area contributed by atoms with Crippen LogP contribution in [0.5, 0.6) is 0 Å². The first-order valence-electron chi connectivity index (χ1n) is 9.87. The highest BCUT2D eigenvalue weighted by Crippen LogP contribution is 2.31. The monoisotopic (exact) mass is 381 g/mol. The highest BCUT2D eigenvalue weighted by Gasteiger charge is 2.23. The third kappa shape index (κ3) is 3.86. The van der Waals surface area contributed by atoms with Crippen LogP contribution in [0.4, 0.5) is 15.8 Å². The van der Waals surface area contributed by atoms with E-state index in [4.69, 9.17) is 0 Å². The van der Waals surface area contributed by atoms with Crippen molar-refractivity contribution in [3.63, 3.8) is 0 Å². The van der Waals surface area contributed by atoms with Crippen molar-refractivity contribution in [3.05, 3.63) is 59.4 Å². The molecule has 2 aromatic carbocycles. The standard InChI is InChI=1S/C22H24FN3O2/c23-18-8-5-16(6-9-18)21(27)24-19-15-17(22(28)26-13-3-4-14-26)7-10-20(19)25-11-1-2-12-25/h5-10,15H,1-4,11-14H2,(H,24,27). The zero-order chi connectivity index (χ0) is 19.5. The fraction of sp³-hybridized carbons (Fsp3) is 0.364. The lowest BCUT2D eigenvalue weighted by Crippen LogP contribution is -2.28. The molecule has 0 radical (unpaired) electrons. The number of likely N-dealkylation sites (tertiary alicyclic amines) is 1. The maximum absolute atomic E-state index is 13.2. The number of carbonyl (C=O) groups is 2. The van der Waals surface area contributed by atoms with Crippen LogP contribution in [0, 0.1) is 5.82 Å². The van der Waals surface area contributed by atoms with Gasteiger partial charge in [0.1, 0.15) is 5.82 Å². The summed E-state index contributed by atoms with van der Waals surface area (Å²) in [6, 6.07) is 11.0. The number of anilines is 2. The van der Waals surface area contributed by atoms with Crippen molar-refractivity contribution >= 4 is 23.2 Å². The Labute approximate surface area is 164 Å². The van der Waals surface area contributed by atoms with E-state index in [1.165, 1.54) is 24.3 Å². The molecule has 28 heavy (non-hydrogen) atoms. The molecule has 0 aliphatic carbocycles. The molecule has 2 aliphatic rings. The predicted molar refractivity (Wildman–Crippen MR) is 107 cm³/mol. The van der Waals surface area contributed by atoms with Crippen LogP contribution >= 0.6 is 0 Å². The lowest BCUT2D eigenvalue weighted by atomic mass is 10.1. The lowest BCUT2D eigenvalue weighted by molar-refractivity contribution is 0.0792. The lowest BCUT2D eigenvalue weighted by Gasteiger charge is -2.23. The van der Waals surface area contributed by atoms with Gasteiger partial charge in [0, 0.05) is 37.3 Å². The zero-order valence-corrected chi connectivity index (χ0v) is 15.8. The molecule has 4 rings (SSSR count). The Kier molecular flexibility index (Phi) is 5.28. The number of nitrogens with one attached hydrogen (secondary N) is 1. The second-order valence-corrected chi connectivity index (χ2v) is 7.39. The maximum Gasteiger partial charge on any atom is 0.255 e. The van der Waals surface area contributed by atoms with E-state index in [0.29, 0.717) is 16.8 Å². The third-order valence-corrected chi connectivity index (χ3v) is 5.44.